The number of aromatic nitrogens is 1. The third kappa shape index (κ3) is 2.31. The molecule has 1 saturated carbocycles. The van der Waals surface area contributed by atoms with E-state index in [1.165, 1.54) is 6.20 Å². The second-order valence-electron chi connectivity index (χ2n) is 7.66. The van der Waals surface area contributed by atoms with Crippen molar-refractivity contribution in [3.8, 4) is 5.75 Å². The molecule has 5 rings (SSSR count). The standard InChI is InChI=1S/C23H18BrNO5/c24-15-10-8-14(9-11-15)23-18(13-5-2-1-3-6-13)17(21(27)28)20(26)22(23,29)19-16(30-23)7-4-12-25-19/h1-12,17-18,20,26,29H,(H,27,28). The van der Waals surface area contributed by atoms with Crippen molar-refractivity contribution in [3.05, 3.63) is 94.2 Å². The summed E-state index contributed by atoms with van der Waals surface area (Å²) in [6.45, 7) is 0. The van der Waals surface area contributed by atoms with Crippen LogP contribution in [0.2, 0.25) is 0 Å². The number of aliphatic hydroxyl groups excluding tert-OH is 1. The minimum absolute atomic E-state index is 0.144. The molecular formula is C23H18BrNO5. The summed E-state index contributed by atoms with van der Waals surface area (Å²) >= 11 is 3.41. The Morgan fingerprint density at radius 1 is 1.03 bits per heavy atom. The Hall–Kier alpha value is -2.74. The van der Waals surface area contributed by atoms with Crippen LogP contribution in [0, 0.1) is 5.92 Å². The molecule has 1 aliphatic carbocycles. The van der Waals surface area contributed by atoms with Gasteiger partial charge in [0.15, 0.2) is 11.2 Å². The second kappa shape index (κ2) is 6.63. The minimum Gasteiger partial charge on any atom is -0.481 e. The average molecular weight is 468 g/mol. The molecule has 1 fully saturated rings. The van der Waals surface area contributed by atoms with E-state index in [0.29, 0.717) is 16.9 Å². The van der Waals surface area contributed by atoms with Crippen LogP contribution in [0.15, 0.2) is 77.4 Å². The average Bonchev–Trinajstić information content (AvgIpc) is 3.13. The molecule has 1 aliphatic heterocycles. The highest BCUT2D eigenvalue weighted by Crippen LogP contribution is 2.67. The number of aliphatic hydroxyl groups is 2. The summed E-state index contributed by atoms with van der Waals surface area (Å²) in [7, 11) is 0. The number of benzene rings is 2. The van der Waals surface area contributed by atoms with Crippen LogP contribution in [0.1, 0.15) is 22.7 Å². The van der Waals surface area contributed by atoms with Crippen LogP contribution < -0.4 is 4.74 Å². The van der Waals surface area contributed by atoms with Crippen molar-refractivity contribution in [2.24, 2.45) is 5.92 Å². The number of hydrogen-bond acceptors (Lipinski definition) is 5. The van der Waals surface area contributed by atoms with Crippen LogP contribution in [0.25, 0.3) is 0 Å². The number of fused-ring (bicyclic) bond motifs is 3. The fourth-order valence-electron chi connectivity index (χ4n) is 5.08. The highest BCUT2D eigenvalue weighted by Gasteiger charge is 2.78. The van der Waals surface area contributed by atoms with Crippen molar-refractivity contribution >= 4 is 21.9 Å². The van der Waals surface area contributed by atoms with Crippen molar-refractivity contribution < 1.29 is 24.9 Å². The zero-order chi connectivity index (χ0) is 21.1. The summed E-state index contributed by atoms with van der Waals surface area (Å²) in [5, 5.41) is 33.4. The normalized spacial score (nSPS) is 31.6. The first kappa shape index (κ1) is 19.2. The molecule has 0 amide bonds. The van der Waals surface area contributed by atoms with E-state index in [1.54, 1.807) is 60.7 Å². The van der Waals surface area contributed by atoms with E-state index in [-0.39, 0.29) is 5.69 Å². The third-order valence-electron chi connectivity index (χ3n) is 6.25. The molecule has 2 aliphatic rings. The highest BCUT2D eigenvalue weighted by atomic mass is 79.9. The summed E-state index contributed by atoms with van der Waals surface area (Å²) < 4.78 is 7.24. The van der Waals surface area contributed by atoms with Crippen molar-refractivity contribution in [2.45, 2.75) is 23.2 Å². The molecule has 5 atom stereocenters. The molecule has 2 aromatic carbocycles. The van der Waals surface area contributed by atoms with Gasteiger partial charge in [-0.2, -0.15) is 0 Å². The van der Waals surface area contributed by atoms with Crippen LogP contribution in [0.3, 0.4) is 0 Å². The summed E-state index contributed by atoms with van der Waals surface area (Å²) in [6, 6.07) is 19.5. The molecule has 0 radical (unpaired) electrons. The SMILES string of the molecule is O=C(O)C1C(O)C2(O)c3ncccc3OC2(c2ccc(Br)cc2)C1c1ccccc1. The van der Waals surface area contributed by atoms with Gasteiger partial charge in [0.1, 0.15) is 17.5 Å². The van der Waals surface area contributed by atoms with Crippen molar-refractivity contribution in [1.82, 2.24) is 4.98 Å². The molecule has 7 heteroatoms. The maximum atomic E-state index is 12.4. The molecule has 6 nitrogen and oxygen atoms in total. The third-order valence-corrected chi connectivity index (χ3v) is 6.78. The predicted octanol–water partition coefficient (Wildman–Crippen LogP) is 3.18. The lowest BCUT2D eigenvalue weighted by atomic mass is 9.71. The van der Waals surface area contributed by atoms with Crippen LogP contribution >= 0.6 is 15.9 Å². The van der Waals surface area contributed by atoms with E-state index in [9.17, 15) is 20.1 Å². The summed E-state index contributed by atoms with van der Waals surface area (Å²) in [6.07, 6.45) is -0.143. The van der Waals surface area contributed by atoms with E-state index in [0.717, 1.165) is 4.47 Å². The quantitative estimate of drug-likeness (QED) is 0.546. The number of carboxylic acids is 1. The van der Waals surface area contributed by atoms with Gasteiger partial charge in [-0.1, -0.05) is 58.4 Å². The first-order chi connectivity index (χ1) is 14.4. The number of carboxylic acid groups (broad SMARTS) is 1. The number of hydrogen-bond donors (Lipinski definition) is 3. The monoisotopic (exact) mass is 467 g/mol. The molecule has 152 valence electrons. The van der Waals surface area contributed by atoms with Gasteiger partial charge < -0.3 is 20.1 Å². The molecule has 0 saturated heterocycles. The number of aliphatic carboxylic acids is 1. The van der Waals surface area contributed by atoms with E-state index in [4.69, 9.17) is 4.74 Å². The zero-order valence-electron chi connectivity index (χ0n) is 15.6. The molecule has 5 unspecified atom stereocenters. The molecule has 1 aromatic heterocycles. The predicted molar refractivity (Wildman–Crippen MR) is 111 cm³/mol. The van der Waals surface area contributed by atoms with Crippen LogP contribution in [-0.4, -0.2) is 32.4 Å². The number of pyridine rings is 1. The largest absolute Gasteiger partial charge is 0.481 e. The van der Waals surface area contributed by atoms with Gasteiger partial charge >= 0.3 is 5.97 Å². The van der Waals surface area contributed by atoms with Crippen LogP contribution in [0.4, 0.5) is 0 Å². The van der Waals surface area contributed by atoms with Gasteiger partial charge in [-0.05, 0) is 35.4 Å². The number of halogens is 1. The Kier molecular flexibility index (Phi) is 4.25. The number of rotatable bonds is 3. The zero-order valence-corrected chi connectivity index (χ0v) is 17.2. The maximum Gasteiger partial charge on any atom is 0.310 e. The minimum atomic E-state index is -2.05. The lowest BCUT2D eigenvalue weighted by Crippen LogP contribution is -2.52. The fourth-order valence-corrected chi connectivity index (χ4v) is 5.34. The highest BCUT2D eigenvalue weighted by molar-refractivity contribution is 9.10. The lowest BCUT2D eigenvalue weighted by molar-refractivity contribution is -0.160. The van der Waals surface area contributed by atoms with Gasteiger partial charge in [0.25, 0.3) is 0 Å². The summed E-state index contributed by atoms with van der Waals surface area (Å²) in [5.41, 5.74) is -2.28. The van der Waals surface area contributed by atoms with E-state index >= 15 is 0 Å². The Labute approximate surface area is 180 Å². The number of carbonyl (C=O) groups is 1. The van der Waals surface area contributed by atoms with E-state index < -0.39 is 35.1 Å². The first-order valence-corrected chi connectivity index (χ1v) is 10.3. The Morgan fingerprint density at radius 2 is 1.73 bits per heavy atom. The fraction of sp³-hybridized carbons (Fsp3) is 0.217. The first-order valence-electron chi connectivity index (χ1n) is 9.50. The molecule has 3 aromatic rings. The smallest absolute Gasteiger partial charge is 0.310 e. The van der Waals surface area contributed by atoms with Gasteiger partial charge in [0.2, 0.25) is 0 Å². The Morgan fingerprint density at radius 3 is 2.40 bits per heavy atom. The lowest BCUT2D eigenvalue weighted by Gasteiger charge is -2.40. The van der Waals surface area contributed by atoms with E-state index in [2.05, 4.69) is 20.9 Å². The molecule has 2 heterocycles. The van der Waals surface area contributed by atoms with Gasteiger partial charge in [0, 0.05) is 16.6 Å². The van der Waals surface area contributed by atoms with Crippen molar-refractivity contribution in [2.75, 3.05) is 0 Å². The van der Waals surface area contributed by atoms with E-state index in [1.807, 2.05) is 6.07 Å². The molecular weight excluding hydrogens is 450 g/mol. The topological polar surface area (TPSA) is 99.9 Å². The Balaban J connectivity index is 1.87. The van der Waals surface area contributed by atoms with Crippen molar-refractivity contribution in [3.63, 3.8) is 0 Å². The molecule has 0 spiro atoms. The number of ether oxygens (including phenoxy) is 1. The van der Waals surface area contributed by atoms with Gasteiger partial charge in [-0.15, -0.1) is 0 Å². The molecule has 3 N–H and O–H groups in total. The van der Waals surface area contributed by atoms with Crippen molar-refractivity contribution in [1.29, 1.82) is 0 Å². The van der Waals surface area contributed by atoms with Crippen LogP contribution in [0.5, 0.6) is 5.75 Å². The van der Waals surface area contributed by atoms with Gasteiger partial charge in [-0.3, -0.25) is 9.78 Å². The van der Waals surface area contributed by atoms with Gasteiger partial charge in [-0.25, -0.2) is 0 Å². The maximum absolute atomic E-state index is 12.4. The summed E-state index contributed by atoms with van der Waals surface area (Å²) in [5.74, 6) is -3.06. The molecule has 0 bridgehead atoms. The van der Waals surface area contributed by atoms with Crippen LogP contribution in [-0.2, 0) is 16.0 Å². The molecule has 30 heavy (non-hydrogen) atoms. The Bertz CT molecular complexity index is 1120. The number of nitrogens with zero attached hydrogens (tertiary/aromatic N) is 1. The summed E-state index contributed by atoms with van der Waals surface area (Å²) in [4.78, 5) is 16.7. The second-order valence-corrected chi connectivity index (χ2v) is 8.57. The van der Waals surface area contributed by atoms with Gasteiger partial charge in [0.05, 0.1) is 5.92 Å².